The Morgan fingerprint density at radius 3 is 2.38 bits per heavy atom. The Balaban J connectivity index is 3.11. The number of aryl methyl sites for hydroxylation is 1. The highest BCUT2D eigenvalue weighted by molar-refractivity contribution is 14.1. The van der Waals surface area contributed by atoms with Crippen LogP contribution in [0.4, 0.5) is 0 Å². The largest absolute Gasteiger partial charge is 0.295 e. The predicted octanol–water partition coefficient (Wildman–Crippen LogP) is 3.08. The van der Waals surface area contributed by atoms with Crippen LogP contribution in [0.15, 0.2) is 51.5 Å². The molecule has 0 aliphatic rings. The number of allylic oxidation sites excluding steroid dienone is 1. The molecule has 21 heavy (non-hydrogen) atoms. The van der Waals surface area contributed by atoms with Crippen LogP contribution in [0.2, 0.25) is 0 Å². The minimum Gasteiger partial charge on any atom is -0.295 e. The number of carbonyl (C=O) groups excluding carboxylic acids is 1. The molecule has 6 heteroatoms. The number of benzene rings is 1. The average molecular weight is 419 g/mol. The van der Waals surface area contributed by atoms with Crippen LogP contribution in [0.25, 0.3) is 0 Å². The van der Waals surface area contributed by atoms with Crippen molar-refractivity contribution in [2.45, 2.75) is 18.7 Å². The molecule has 4 nitrogen and oxygen atoms in total. The molecule has 1 rings (SSSR count). The fraction of sp³-hybridized carbons (Fsp3) is 0.267. The summed E-state index contributed by atoms with van der Waals surface area (Å²) in [4.78, 5) is 11.3. The summed E-state index contributed by atoms with van der Waals surface area (Å²) in [6.45, 7) is 7.27. The van der Waals surface area contributed by atoms with Gasteiger partial charge >= 0.3 is 0 Å². The van der Waals surface area contributed by atoms with Gasteiger partial charge in [0.25, 0.3) is 0 Å². The molecule has 0 aromatic heterocycles. The molecule has 1 aromatic carbocycles. The molecule has 0 fully saturated rings. The zero-order valence-corrected chi connectivity index (χ0v) is 15.0. The summed E-state index contributed by atoms with van der Waals surface area (Å²) in [6, 6.07) is 6.69. The second-order valence-corrected chi connectivity index (χ2v) is 7.92. The lowest BCUT2D eigenvalue weighted by molar-refractivity contribution is -0.112. The molecule has 0 amide bonds. The van der Waals surface area contributed by atoms with Crippen molar-refractivity contribution in [2.24, 2.45) is 0 Å². The van der Waals surface area contributed by atoms with Crippen molar-refractivity contribution in [2.75, 3.05) is 13.1 Å². The fourth-order valence-electron chi connectivity index (χ4n) is 1.69. The van der Waals surface area contributed by atoms with Crippen LogP contribution in [0.3, 0.4) is 0 Å². The van der Waals surface area contributed by atoms with Gasteiger partial charge in [-0.1, -0.05) is 23.8 Å². The van der Waals surface area contributed by atoms with Crippen LogP contribution < -0.4 is 0 Å². The van der Waals surface area contributed by atoms with Crippen LogP contribution in [-0.2, 0) is 14.8 Å². The molecule has 0 aliphatic heterocycles. The molecule has 0 aliphatic carbocycles. The smallest absolute Gasteiger partial charge is 0.243 e. The predicted molar refractivity (Wildman–Crippen MR) is 92.9 cm³/mol. The van der Waals surface area contributed by atoms with E-state index in [9.17, 15) is 13.2 Å². The second-order valence-electron chi connectivity index (χ2n) is 4.60. The Hall–Kier alpha value is -0.990. The summed E-state index contributed by atoms with van der Waals surface area (Å²) >= 11 is 1.98. The first kappa shape index (κ1) is 18.1. The molecule has 1 aromatic rings. The molecular formula is C15H18INO3S. The maximum atomic E-state index is 12.6. The minimum atomic E-state index is -3.61. The van der Waals surface area contributed by atoms with E-state index in [-0.39, 0.29) is 23.8 Å². The van der Waals surface area contributed by atoms with Crippen LogP contribution in [0.1, 0.15) is 12.5 Å². The molecule has 114 valence electrons. The molecule has 0 saturated heterocycles. The van der Waals surface area contributed by atoms with Crippen molar-refractivity contribution < 1.29 is 13.2 Å². The summed E-state index contributed by atoms with van der Waals surface area (Å²) < 4.78 is 27.2. The number of ketones is 1. The molecule has 0 atom stereocenters. The van der Waals surface area contributed by atoms with Gasteiger partial charge in [-0.25, -0.2) is 8.42 Å². The molecule has 0 saturated carbocycles. The Morgan fingerprint density at radius 2 is 1.90 bits per heavy atom. The third kappa shape index (κ3) is 5.37. The molecule has 0 bridgehead atoms. The minimum absolute atomic E-state index is 0.106. The molecule has 0 radical (unpaired) electrons. The van der Waals surface area contributed by atoms with Crippen molar-refractivity contribution in [1.82, 2.24) is 4.31 Å². The number of rotatable bonds is 7. The lowest BCUT2D eigenvalue weighted by atomic mass is 10.2. The van der Waals surface area contributed by atoms with Gasteiger partial charge in [0.1, 0.15) is 0 Å². The van der Waals surface area contributed by atoms with E-state index >= 15 is 0 Å². The normalized spacial score (nSPS) is 12.5. The summed E-state index contributed by atoms with van der Waals surface area (Å²) in [6.07, 6.45) is 2.96. The number of nitrogens with zero attached hydrogens (tertiary/aromatic N) is 1. The molecule has 0 heterocycles. The molecule has 0 spiro atoms. The Labute approximate surface area is 139 Å². The van der Waals surface area contributed by atoms with Crippen LogP contribution in [0, 0.1) is 6.92 Å². The van der Waals surface area contributed by atoms with Gasteiger partial charge in [0, 0.05) is 16.7 Å². The van der Waals surface area contributed by atoms with Gasteiger partial charge in [0.05, 0.1) is 4.90 Å². The molecule has 0 N–H and O–H groups in total. The van der Waals surface area contributed by atoms with Crippen molar-refractivity contribution in [1.29, 1.82) is 0 Å². The zero-order chi connectivity index (χ0) is 16.0. The van der Waals surface area contributed by atoms with Crippen molar-refractivity contribution in [3.8, 4) is 0 Å². The topological polar surface area (TPSA) is 54.5 Å². The van der Waals surface area contributed by atoms with E-state index in [1.54, 1.807) is 24.3 Å². The first-order valence-electron chi connectivity index (χ1n) is 6.31. The number of halogens is 1. The van der Waals surface area contributed by atoms with Crippen LogP contribution in [-0.4, -0.2) is 31.6 Å². The molecule has 0 unspecified atom stereocenters. The number of hydrogen-bond acceptors (Lipinski definition) is 3. The van der Waals surface area contributed by atoms with Gasteiger partial charge in [-0.2, -0.15) is 4.31 Å². The summed E-state index contributed by atoms with van der Waals surface area (Å²) in [5, 5.41) is 0. The third-order valence-corrected chi connectivity index (χ3v) is 5.16. The monoisotopic (exact) mass is 419 g/mol. The standard InChI is InChI=1S/C15H18INO3S/c1-4-9-17(11-14(16)10-13(3)18)21(19,20)15-7-5-12(2)6-8-15/h4-8,10H,1,9,11H2,2-3H3/b14-10-. The number of carbonyl (C=O) groups is 1. The Bertz CT molecular complexity index is 648. The van der Waals surface area contributed by atoms with E-state index in [0.717, 1.165) is 5.56 Å². The quantitative estimate of drug-likeness (QED) is 0.388. The average Bonchev–Trinajstić information content (AvgIpc) is 2.37. The van der Waals surface area contributed by atoms with Crippen molar-refractivity contribution in [3.05, 3.63) is 52.1 Å². The van der Waals surface area contributed by atoms with E-state index < -0.39 is 10.0 Å². The highest BCUT2D eigenvalue weighted by Gasteiger charge is 2.23. The number of hydrogen-bond donors (Lipinski definition) is 0. The van der Waals surface area contributed by atoms with Gasteiger partial charge < -0.3 is 0 Å². The first-order chi connectivity index (χ1) is 9.77. The summed E-state index contributed by atoms with van der Waals surface area (Å²) in [7, 11) is -3.61. The molecular weight excluding hydrogens is 401 g/mol. The number of sulfonamides is 1. The van der Waals surface area contributed by atoms with Gasteiger partial charge in [0.15, 0.2) is 5.78 Å². The SMILES string of the molecule is C=CCN(C/C(I)=C/C(C)=O)S(=O)(=O)c1ccc(C)cc1. The van der Waals surface area contributed by atoms with Gasteiger partial charge in [0.2, 0.25) is 10.0 Å². The maximum absolute atomic E-state index is 12.6. The van der Waals surface area contributed by atoms with E-state index in [1.807, 2.05) is 29.5 Å². The maximum Gasteiger partial charge on any atom is 0.243 e. The fourth-order valence-corrected chi connectivity index (χ4v) is 4.16. The van der Waals surface area contributed by atoms with E-state index in [2.05, 4.69) is 6.58 Å². The Morgan fingerprint density at radius 1 is 1.33 bits per heavy atom. The van der Waals surface area contributed by atoms with Crippen molar-refractivity contribution >= 4 is 38.4 Å². The highest BCUT2D eigenvalue weighted by Crippen LogP contribution is 2.19. The van der Waals surface area contributed by atoms with Gasteiger partial charge in [-0.3, -0.25) is 4.79 Å². The van der Waals surface area contributed by atoms with Crippen LogP contribution >= 0.6 is 22.6 Å². The van der Waals surface area contributed by atoms with E-state index in [0.29, 0.717) is 3.58 Å². The third-order valence-electron chi connectivity index (χ3n) is 2.68. The van der Waals surface area contributed by atoms with Gasteiger partial charge in [-0.15, -0.1) is 6.58 Å². The zero-order valence-electron chi connectivity index (χ0n) is 12.0. The van der Waals surface area contributed by atoms with Crippen LogP contribution in [0.5, 0.6) is 0 Å². The Kier molecular flexibility index (Phi) is 6.76. The summed E-state index contributed by atoms with van der Waals surface area (Å²) in [5.74, 6) is -0.106. The van der Waals surface area contributed by atoms with Gasteiger partial charge in [-0.05, 0) is 54.6 Å². The highest BCUT2D eigenvalue weighted by atomic mass is 127. The summed E-state index contributed by atoms with van der Waals surface area (Å²) in [5.41, 5.74) is 0.996. The lowest BCUT2D eigenvalue weighted by Gasteiger charge is -2.20. The van der Waals surface area contributed by atoms with E-state index in [1.165, 1.54) is 23.4 Å². The van der Waals surface area contributed by atoms with E-state index in [4.69, 9.17) is 0 Å². The lowest BCUT2D eigenvalue weighted by Crippen LogP contribution is -2.32. The van der Waals surface area contributed by atoms with Crippen molar-refractivity contribution in [3.63, 3.8) is 0 Å². The first-order valence-corrected chi connectivity index (χ1v) is 8.83. The second kappa shape index (κ2) is 7.86.